The molecular formula is C26H30N2O5S. The summed E-state index contributed by atoms with van der Waals surface area (Å²) in [5.74, 6) is -0.594. The molecule has 8 heteroatoms. The van der Waals surface area contributed by atoms with E-state index < -0.39 is 18.1 Å². The van der Waals surface area contributed by atoms with Gasteiger partial charge in [-0.15, -0.1) is 11.8 Å². The maximum absolute atomic E-state index is 12.5. The highest BCUT2D eigenvalue weighted by Gasteiger charge is 2.38. The average molecular weight is 483 g/mol. The van der Waals surface area contributed by atoms with Crippen LogP contribution in [0.2, 0.25) is 0 Å². The van der Waals surface area contributed by atoms with E-state index in [2.05, 4.69) is 29.6 Å². The number of unbranched alkanes of at least 4 members (excludes halogenated alkanes) is 2. The third-order valence-corrected chi connectivity index (χ3v) is 7.69. The van der Waals surface area contributed by atoms with Crippen LogP contribution in [0.5, 0.6) is 0 Å². The van der Waals surface area contributed by atoms with Crippen molar-refractivity contribution >= 4 is 29.7 Å². The fraction of sp³-hybridized carbons (Fsp3) is 0.423. The number of carbonyl (C=O) groups excluding carboxylic acids is 2. The van der Waals surface area contributed by atoms with Crippen LogP contribution in [0.15, 0.2) is 48.5 Å². The maximum atomic E-state index is 12.5. The molecule has 180 valence electrons. The van der Waals surface area contributed by atoms with Crippen molar-refractivity contribution in [3.8, 4) is 11.1 Å². The summed E-state index contributed by atoms with van der Waals surface area (Å²) in [5, 5.41) is 12.0. The van der Waals surface area contributed by atoms with Crippen LogP contribution in [0.3, 0.4) is 0 Å². The molecule has 4 rings (SSSR count). The van der Waals surface area contributed by atoms with E-state index in [1.807, 2.05) is 31.2 Å². The summed E-state index contributed by atoms with van der Waals surface area (Å²) in [6, 6.07) is 15.7. The number of aliphatic carboxylic acids is 1. The van der Waals surface area contributed by atoms with Crippen LogP contribution in [-0.2, 0) is 14.3 Å². The predicted molar refractivity (Wildman–Crippen MR) is 132 cm³/mol. The molecule has 1 aliphatic carbocycles. The summed E-state index contributed by atoms with van der Waals surface area (Å²) in [7, 11) is 0. The van der Waals surface area contributed by atoms with Crippen LogP contribution in [0.1, 0.15) is 49.7 Å². The normalized spacial score (nSPS) is 18.9. The Kier molecular flexibility index (Phi) is 7.77. The van der Waals surface area contributed by atoms with Crippen molar-refractivity contribution in [3.05, 3.63) is 59.7 Å². The van der Waals surface area contributed by atoms with Crippen molar-refractivity contribution in [2.75, 3.05) is 18.9 Å². The van der Waals surface area contributed by atoms with Crippen LogP contribution in [0.4, 0.5) is 4.79 Å². The van der Waals surface area contributed by atoms with E-state index in [4.69, 9.17) is 4.74 Å². The molecular weight excluding hydrogens is 452 g/mol. The van der Waals surface area contributed by atoms with E-state index in [9.17, 15) is 19.5 Å². The molecule has 2 aromatic rings. The van der Waals surface area contributed by atoms with Gasteiger partial charge in [0.15, 0.2) is 0 Å². The first kappa shape index (κ1) is 24.1. The molecule has 2 aliphatic rings. The molecule has 1 fully saturated rings. The Morgan fingerprint density at radius 1 is 1.03 bits per heavy atom. The molecule has 2 atom stereocenters. The Hall–Kier alpha value is -3.00. The number of carbonyl (C=O) groups is 3. The predicted octanol–water partition coefficient (Wildman–Crippen LogP) is 4.46. The summed E-state index contributed by atoms with van der Waals surface area (Å²) in [5.41, 5.74) is 4.74. The average Bonchev–Trinajstić information content (AvgIpc) is 3.38. The van der Waals surface area contributed by atoms with Crippen LogP contribution in [0, 0.1) is 0 Å². The zero-order valence-corrected chi connectivity index (χ0v) is 20.1. The van der Waals surface area contributed by atoms with Gasteiger partial charge in [0, 0.05) is 24.6 Å². The van der Waals surface area contributed by atoms with E-state index in [0.29, 0.717) is 25.1 Å². The van der Waals surface area contributed by atoms with Gasteiger partial charge in [-0.1, -0.05) is 55.0 Å². The van der Waals surface area contributed by atoms with Gasteiger partial charge in [-0.2, -0.15) is 0 Å². The Bertz CT molecular complexity index is 1010. The van der Waals surface area contributed by atoms with Crippen LogP contribution in [-0.4, -0.2) is 58.3 Å². The Balaban J connectivity index is 1.16. The van der Waals surface area contributed by atoms with Gasteiger partial charge in [-0.3, -0.25) is 4.79 Å². The molecule has 0 aromatic heterocycles. The van der Waals surface area contributed by atoms with Crippen molar-refractivity contribution in [2.24, 2.45) is 0 Å². The van der Waals surface area contributed by atoms with Crippen molar-refractivity contribution in [1.82, 2.24) is 10.2 Å². The summed E-state index contributed by atoms with van der Waals surface area (Å²) < 4.78 is 5.53. The van der Waals surface area contributed by atoms with Gasteiger partial charge in [-0.05, 0) is 42.0 Å². The topological polar surface area (TPSA) is 95.9 Å². The molecule has 2 amide bonds. The largest absolute Gasteiger partial charge is 0.480 e. The number of nitrogens with zero attached hydrogens (tertiary/aromatic N) is 1. The number of benzene rings is 2. The van der Waals surface area contributed by atoms with E-state index in [1.165, 1.54) is 38.9 Å². The minimum absolute atomic E-state index is 0.0323. The smallest absolute Gasteiger partial charge is 0.407 e. The van der Waals surface area contributed by atoms with E-state index in [-0.39, 0.29) is 23.8 Å². The van der Waals surface area contributed by atoms with Gasteiger partial charge in [0.05, 0.1) is 5.37 Å². The van der Waals surface area contributed by atoms with Gasteiger partial charge in [0.25, 0.3) is 0 Å². The highest BCUT2D eigenvalue weighted by Crippen LogP contribution is 2.44. The van der Waals surface area contributed by atoms with Gasteiger partial charge in [0.1, 0.15) is 12.6 Å². The number of alkyl carbamates (subject to hydrolysis) is 1. The zero-order chi connectivity index (χ0) is 24.1. The summed E-state index contributed by atoms with van der Waals surface area (Å²) in [6.07, 6.45) is 2.03. The third kappa shape index (κ3) is 5.22. The van der Waals surface area contributed by atoms with Crippen LogP contribution in [0.25, 0.3) is 11.1 Å². The first-order valence-electron chi connectivity index (χ1n) is 11.7. The standard InChI is InChI=1S/C26H30N2O5S/c1-17-28(23(16-34-17)25(30)31)24(29)13-3-2-8-14-27-26(32)33-15-22-20-11-6-4-9-18(20)19-10-5-7-12-21(19)22/h4-7,9-12,17,22-23H,2-3,8,13-16H2,1H3,(H,27,32)(H,30,31). The number of nitrogens with one attached hydrogen (secondary N) is 1. The van der Waals surface area contributed by atoms with Gasteiger partial charge < -0.3 is 20.1 Å². The maximum Gasteiger partial charge on any atom is 0.407 e. The zero-order valence-electron chi connectivity index (χ0n) is 19.2. The highest BCUT2D eigenvalue weighted by molar-refractivity contribution is 8.00. The molecule has 1 saturated heterocycles. The number of hydrogen-bond acceptors (Lipinski definition) is 5. The second kappa shape index (κ2) is 11.0. The first-order valence-corrected chi connectivity index (χ1v) is 12.8. The second-order valence-corrected chi connectivity index (χ2v) is 10.00. The SMILES string of the molecule is CC1SCC(C(=O)O)N1C(=O)CCCCCNC(=O)OCC1c2ccccc2-c2ccccc21. The quantitative estimate of drug-likeness (QED) is 0.513. The summed E-state index contributed by atoms with van der Waals surface area (Å²) >= 11 is 1.49. The minimum Gasteiger partial charge on any atom is -0.480 e. The molecule has 2 unspecified atom stereocenters. The third-order valence-electron chi connectivity index (χ3n) is 6.48. The molecule has 0 saturated carbocycles. The lowest BCUT2D eigenvalue weighted by molar-refractivity contribution is -0.148. The van der Waals surface area contributed by atoms with Crippen molar-refractivity contribution < 1.29 is 24.2 Å². The number of ether oxygens (including phenoxy) is 1. The van der Waals surface area contributed by atoms with Gasteiger partial charge in [-0.25, -0.2) is 9.59 Å². The molecule has 1 aliphatic heterocycles. The molecule has 0 spiro atoms. The number of amides is 2. The lowest BCUT2D eigenvalue weighted by Gasteiger charge is -2.25. The number of carboxylic acid groups (broad SMARTS) is 1. The summed E-state index contributed by atoms with van der Waals surface area (Å²) in [4.78, 5) is 37.5. The number of hydrogen-bond donors (Lipinski definition) is 2. The van der Waals surface area contributed by atoms with Crippen molar-refractivity contribution in [2.45, 2.75) is 49.9 Å². The second-order valence-electron chi connectivity index (χ2n) is 8.65. The Morgan fingerprint density at radius 2 is 1.68 bits per heavy atom. The highest BCUT2D eigenvalue weighted by atomic mass is 32.2. The van der Waals surface area contributed by atoms with Gasteiger partial charge >= 0.3 is 12.1 Å². The summed E-state index contributed by atoms with van der Waals surface area (Å²) in [6.45, 7) is 2.62. The Morgan fingerprint density at radius 3 is 2.32 bits per heavy atom. The lowest BCUT2D eigenvalue weighted by atomic mass is 9.98. The Labute approximate surface area is 203 Å². The van der Waals surface area contributed by atoms with Crippen molar-refractivity contribution in [3.63, 3.8) is 0 Å². The minimum atomic E-state index is -0.947. The molecule has 2 N–H and O–H groups in total. The molecule has 7 nitrogen and oxygen atoms in total. The fourth-order valence-corrected chi connectivity index (χ4v) is 5.95. The molecule has 0 radical (unpaired) electrons. The van der Waals surface area contributed by atoms with Crippen LogP contribution < -0.4 is 5.32 Å². The molecule has 1 heterocycles. The number of carboxylic acids is 1. The number of fused-ring (bicyclic) bond motifs is 3. The van der Waals surface area contributed by atoms with E-state index in [1.54, 1.807) is 0 Å². The van der Waals surface area contributed by atoms with E-state index >= 15 is 0 Å². The lowest BCUT2D eigenvalue weighted by Crippen LogP contribution is -2.44. The van der Waals surface area contributed by atoms with Crippen LogP contribution >= 0.6 is 11.8 Å². The van der Waals surface area contributed by atoms with Gasteiger partial charge in [0.2, 0.25) is 5.91 Å². The van der Waals surface area contributed by atoms with Crippen molar-refractivity contribution in [1.29, 1.82) is 0 Å². The fourth-order valence-electron chi connectivity index (χ4n) is 4.76. The molecule has 34 heavy (non-hydrogen) atoms. The number of rotatable bonds is 9. The molecule has 2 aromatic carbocycles. The molecule has 0 bridgehead atoms. The monoisotopic (exact) mass is 482 g/mol. The number of thioether (sulfide) groups is 1. The first-order chi connectivity index (χ1) is 16.5. The van der Waals surface area contributed by atoms with E-state index in [0.717, 1.165) is 12.8 Å².